The fourth-order valence-electron chi connectivity index (χ4n) is 2.34. The molecule has 0 saturated heterocycles. The summed E-state index contributed by atoms with van der Waals surface area (Å²) in [5, 5.41) is 0. The molecular weight excluding hydrogens is 192 g/mol. The molecule has 1 aliphatic carbocycles. The van der Waals surface area contributed by atoms with Crippen LogP contribution in [-0.4, -0.2) is 0 Å². The van der Waals surface area contributed by atoms with Gasteiger partial charge < -0.3 is 0 Å². The van der Waals surface area contributed by atoms with Crippen molar-refractivity contribution in [2.24, 2.45) is 0 Å². The molecule has 80 valence electrons. The van der Waals surface area contributed by atoms with E-state index in [9.17, 15) is 0 Å². The Kier molecular flexibility index (Phi) is 1.36. The average Bonchev–Trinajstić information content (AvgIpc) is 2.37. The molecule has 0 bridgehead atoms. The predicted octanol–water partition coefficient (Wildman–Crippen LogP) is 4.07. The Morgan fingerprint density at radius 3 is 1.69 bits per heavy atom. The summed E-state index contributed by atoms with van der Waals surface area (Å²) in [5.74, 6) is 0. The lowest BCUT2D eigenvalue weighted by atomic mass is 9.81. The molecule has 16 heavy (non-hydrogen) atoms. The van der Waals surface area contributed by atoms with Gasteiger partial charge in [0, 0.05) is 5.48 Å². The van der Waals surface area contributed by atoms with Crippen molar-refractivity contribution in [1.82, 2.24) is 0 Å². The number of hydrogen-bond acceptors (Lipinski definition) is 0. The molecule has 0 atom stereocenters. The lowest BCUT2D eigenvalue weighted by Gasteiger charge is -2.23. The van der Waals surface area contributed by atoms with Crippen molar-refractivity contribution in [3.63, 3.8) is 0 Å². The fourth-order valence-corrected chi connectivity index (χ4v) is 2.34. The quantitative estimate of drug-likeness (QED) is 0.617. The minimum atomic E-state index is -2.03. The second-order valence-corrected chi connectivity index (χ2v) is 4.24. The maximum Gasteiger partial charge on any atom is 0.0320 e. The van der Waals surface area contributed by atoms with E-state index < -0.39 is 12.7 Å². The maximum atomic E-state index is 8.30. The van der Waals surface area contributed by atoms with Crippen molar-refractivity contribution < 1.29 is 5.48 Å². The van der Waals surface area contributed by atoms with Gasteiger partial charge in [0.05, 0.1) is 0 Å². The van der Waals surface area contributed by atoms with E-state index in [1.165, 1.54) is 0 Å². The van der Waals surface area contributed by atoms with Gasteiger partial charge in [0.15, 0.2) is 0 Å². The summed E-state index contributed by atoms with van der Waals surface area (Å²) in [6.07, 6.45) is -4.07. The zero-order valence-electron chi connectivity index (χ0n) is 13.5. The molecule has 0 fully saturated rings. The minimum absolute atomic E-state index is 0.448. The Labute approximate surface area is 103 Å². The van der Waals surface area contributed by atoms with Crippen molar-refractivity contribution in [3.05, 3.63) is 58.7 Å². The van der Waals surface area contributed by atoms with Crippen molar-refractivity contribution in [1.29, 1.82) is 0 Å². The number of rotatable bonds is 0. The van der Waals surface area contributed by atoms with Crippen LogP contribution in [0.1, 0.15) is 27.7 Å². The van der Waals surface area contributed by atoms with Crippen LogP contribution in [0.25, 0.3) is 11.1 Å². The van der Waals surface area contributed by atoms with E-state index in [1.54, 1.807) is 24.3 Å². The molecule has 2 aromatic carbocycles. The highest BCUT2D eigenvalue weighted by atomic mass is 14.2. The zero-order valence-corrected chi connectivity index (χ0v) is 9.46. The van der Waals surface area contributed by atoms with Crippen molar-refractivity contribution in [3.8, 4) is 11.1 Å². The van der Waals surface area contributed by atoms with Crippen LogP contribution in [0.5, 0.6) is 0 Å². The zero-order chi connectivity index (χ0) is 14.7. The molecule has 0 nitrogen and oxygen atoms in total. The normalized spacial score (nSPS) is 23.1. The topological polar surface area (TPSA) is 0 Å². The van der Waals surface area contributed by atoms with Crippen LogP contribution < -0.4 is 0 Å². The Hall–Kier alpha value is -1.56. The molecule has 0 heteroatoms. The summed E-state index contributed by atoms with van der Waals surface area (Å²) in [5.41, 5.74) is 4.56. The first-order valence-electron chi connectivity index (χ1n) is 7.49. The third-order valence-electron chi connectivity index (χ3n) is 3.13. The van der Waals surface area contributed by atoms with Gasteiger partial charge >= 0.3 is 0 Å². The number of benzene rings is 2. The molecular formula is C16H16. The van der Waals surface area contributed by atoms with E-state index in [0.29, 0.717) is 11.1 Å². The molecule has 0 aliphatic heterocycles. The van der Waals surface area contributed by atoms with Gasteiger partial charge in [-0.25, -0.2) is 0 Å². The Morgan fingerprint density at radius 1 is 0.812 bits per heavy atom. The molecule has 0 heterocycles. The van der Waals surface area contributed by atoms with Gasteiger partial charge in [-0.15, -0.1) is 0 Å². The van der Waals surface area contributed by atoms with Crippen LogP contribution in [0.15, 0.2) is 36.4 Å². The molecule has 3 rings (SSSR count). The lowest BCUT2D eigenvalue weighted by Crippen LogP contribution is -2.06. The van der Waals surface area contributed by atoms with Gasteiger partial charge in [-0.2, -0.15) is 0 Å². The van der Waals surface area contributed by atoms with Gasteiger partial charge in [0.25, 0.3) is 0 Å². The van der Waals surface area contributed by atoms with Crippen LogP contribution >= 0.6 is 0 Å². The number of fused-ring (bicyclic) bond motifs is 3. The smallest absolute Gasteiger partial charge is 0.0320 e. The van der Waals surface area contributed by atoms with E-state index in [0.717, 1.165) is 22.3 Å². The Bertz CT molecular complexity index is 640. The third-order valence-corrected chi connectivity index (χ3v) is 3.13. The maximum absolute atomic E-state index is 8.30. The lowest BCUT2D eigenvalue weighted by molar-refractivity contribution is 0.935. The molecule has 0 spiro atoms. The summed E-state index contributed by atoms with van der Waals surface area (Å²) in [6, 6.07) is 10.9. The van der Waals surface area contributed by atoms with Gasteiger partial charge in [-0.3, -0.25) is 0 Å². The third kappa shape index (κ3) is 1.30. The highest BCUT2D eigenvalue weighted by Crippen LogP contribution is 2.37. The van der Waals surface area contributed by atoms with E-state index in [2.05, 4.69) is 0 Å². The van der Waals surface area contributed by atoms with E-state index in [-0.39, 0.29) is 0 Å². The van der Waals surface area contributed by atoms with Gasteiger partial charge in [0.2, 0.25) is 0 Å². The first kappa shape index (κ1) is 6.24. The molecule has 0 unspecified atom stereocenters. The highest BCUT2D eigenvalue weighted by Gasteiger charge is 2.18. The van der Waals surface area contributed by atoms with Gasteiger partial charge in [0.1, 0.15) is 0 Å². The standard InChI is InChI=1S/C16H16/c1-11-5-3-7-13-9-10-14-8-4-6-12(2)16(14)15(11)13/h3-8H,9-10H2,1-2H3/i9D2,10D2. The number of hydrogen-bond donors (Lipinski definition) is 0. The van der Waals surface area contributed by atoms with Crippen LogP contribution in [0.3, 0.4) is 0 Å². The first-order valence-corrected chi connectivity index (χ1v) is 5.49. The van der Waals surface area contributed by atoms with Crippen LogP contribution in [-0.2, 0) is 12.7 Å². The summed E-state index contributed by atoms with van der Waals surface area (Å²) in [4.78, 5) is 0. The fraction of sp³-hybridized carbons (Fsp3) is 0.250. The summed E-state index contributed by atoms with van der Waals surface area (Å²) >= 11 is 0. The van der Waals surface area contributed by atoms with E-state index >= 15 is 0 Å². The van der Waals surface area contributed by atoms with E-state index in [1.807, 2.05) is 26.0 Å². The van der Waals surface area contributed by atoms with Crippen LogP contribution in [0.4, 0.5) is 0 Å². The van der Waals surface area contributed by atoms with Crippen LogP contribution in [0, 0.1) is 13.8 Å². The van der Waals surface area contributed by atoms with Crippen molar-refractivity contribution in [2.75, 3.05) is 0 Å². The second-order valence-electron chi connectivity index (χ2n) is 4.24. The highest BCUT2D eigenvalue weighted by molar-refractivity contribution is 5.78. The molecule has 0 radical (unpaired) electrons. The molecule has 1 aliphatic rings. The summed E-state index contributed by atoms with van der Waals surface area (Å²) in [6.45, 7) is 3.90. The van der Waals surface area contributed by atoms with E-state index in [4.69, 9.17) is 5.48 Å². The van der Waals surface area contributed by atoms with Gasteiger partial charge in [-0.05, 0) is 60.0 Å². The first-order chi connectivity index (χ1) is 9.28. The molecule has 0 amide bonds. The molecule has 2 aromatic rings. The molecule has 0 saturated carbocycles. The molecule has 0 N–H and O–H groups in total. The van der Waals surface area contributed by atoms with Gasteiger partial charge in [-0.1, -0.05) is 36.4 Å². The van der Waals surface area contributed by atoms with Crippen molar-refractivity contribution in [2.45, 2.75) is 26.6 Å². The predicted molar refractivity (Wildman–Crippen MR) is 68.8 cm³/mol. The minimum Gasteiger partial charge on any atom is -0.0617 e. The SMILES string of the molecule is [2H]C1([2H])c2cccc(C)c2-c2c(C)cccc2C1([2H])[2H]. The average molecular weight is 212 g/mol. The summed E-state index contributed by atoms with van der Waals surface area (Å²) in [7, 11) is 0. The largest absolute Gasteiger partial charge is 0.0617 e. The number of aryl methyl sites for hydroxylation is 4. The Balaban J connectivity index is 2.52. The monoisotopic (exact) mass is 212 g/mol. The molecule has 0 aromatic heterocycles. The van der Waals surface area contributed by atoms with Crippen LogP contribution in [0.2, 0.25) is 0 Å². The summed E-state index contributed by atoms with van der Waals surface area (Å²) < 4.78 is 33.2. The second kappa shape index (κ2) is 3.48. The van der Waals surface area contributed by atoms with Crippen molar-refractivity contribution >= 4 is 0 Å². The Morgan fingerprint density at radius 2 is 1.25 bits per heavy atom.